The average molecular weight is 155 g/mol. The Labute approximate surface area is 64.6 Å². The quantitative estimate of drug-likeness (QED) is 0.545. The molecule has 0 aromatic carbocycles. The summed E-state index contributed by atoms with van der Waals surface area (Å²) in [7, 11) is 0. The Morgan fingerprint density at radius 1 is 1.73 bits per heavy atom. The summed E-state index contributed by atoms with van der Waals surface area (Å²) in [5, 5.41) is 10.6. The molecule has 0 aliphatic heterocycles. The highest BCUT2D eigenvalue weighted by molar-refractivity contribution is 5.82. The maximum atomic E-state index is 10.4. The lowest BCUT2D eigenvalue weighted by molar-refractivity contribution is -0.141. The maximum absolute atomic E-state index is 10.4. The minimum Gasteiger partial charge on any atom is -0.480 e. The van der Waals surface area contributed by atoms with Gasteiger partial charge in [0.15, 0.2) is 0 Å². The molecule has 11 heavy (non-hydrogen) atoms. The first-order chi connectivity index (χ1) is 5.07. The summed E-state index contributed by atoms with van der Waals surface area (Å²) in [6, 6.07) is -0.961. The summed E-state index contributed by atoms with van der Waals surface area (Å²) in [5.74, 6) is 0.650. The van der Waals surface area contributed by atoms with Gasteiger partial charge in [-0.3, -0.25) is 4.79 Å². The highest BCUT2D eigenvalue weighted by atomic mass is 16.4. The largest absolute Gasteiger partial charge is 0.480 e. The molecule has 0 heterocycles. The Morgan fingerprint density at radius 3 is 2.55 bits per heavy atom. The van der Waals surface area contributed by atoms with Crippen LogP contribution in [0, 0.1) is 12.3 Å². The molecule has 0 rings (SSSR count). The summed E-state index contributed by atoms with van der Waals surface area (Å²) in [4.78, 5) is 20.7. The zero-order valence-corrected chi connectivity index (χ0v) is 6.13. The fourth-order valence-corrected chi connectivity index (χ4v) is 0.563. The number of nitrogens with one attached hydrogen (secondary N) is 1. The van der Waals surface area contributed by atoms with Crippen LogP contribution in [0.4, 0.5) is 0 Å². The number of hydrogen-bond donors (Lipinski definition) is 2. The predicted molar refractivity (Wildman–Crippen MR) is 38.7 cm³/mol. The van der Waals surface area contributed by atoms with Gasteiger partial charge in [0.1, 0.15) is 6.04 Å². The second-order valence-corrected chi connectivity index (χ2v) is 2.00. The zero-order valence-electron chi connectivity index (χ0n) is 6.13. The Hall–Kier alpha value is -1.50. The number of carbonyl (C=O) groups excluding carboxylic acids is 1. The molecule has 0 spiro atoms. The molecule has 2 N–H and O–H groups in total. The van der Waals surface area contributed by atoms with E-state index in [9.17, 15) is 9.59 Å². The summed E-state index contributed by atoms with van der Waals surface area (Å²) in [5.41, 5.74) is 0. The summed E-state index contributed by atoms with van der Waals surface area (Å²) in [6.07, 6.45) is 4.89. The predicted octanol–water partition coefficient (Wildman–Crippen LogP) is -0.401. The number of rotatable bonds is 3. The molecule has 0 aromatic rings. The maximum Gasteiger partial charge on any atom is 0.327 e. The van der Waals surface area contributed by atoms with E-state index >= 15 is 0 Å². The third-order valence-corrected chi connectivity index (χ3v) is 0.998. The zero-order chi connectivity index (χ0) is 8.85. The fourth-order valence-electron chi connectivity index (χ4n) is 0.563. The van der Waals surface area contributed by atoms with Crippen LogP contribution < -0.4 is 5.32 Å². The molecule has 1 atom stereocenters. The average Bonchev–Trinajstić information content (AvgIpc) is 1.86. The summed E-state index contributed by atoms with van der Waals surface area (Å²) >= 11 is 0. The van der Waals surface area contributed by atoms with Crippen molar-refractivity contribution in [2.75, 3.05) is 0 Å². The first kappa shape index (κ1) is 9.50. The van der Waals surface area contributed by atoms with Gasteiger partial charge in [-0.2, -0.15) is 0 Å². The molecule has 0 unspecified atom stereocenters. The van der Waals surface area contributed by atoms with Crippen LogP contribution >= 0.6 is 0 Å². The van der Waals surface area contributed by atoms with Gasteiger partial charge >= 0.3 is 5.97 Å². The molecule has 4 heteroatoms. The van der Waals surface area contributed by atoms with Crippen LogP contribution in [0.1, 0.15) is 13.3 Å². The van der Waals surface area contributed by atoms with E-state index in [1.54, 1.807) is 0 Å². The number of terminal acetylenes is 1. The van der Waals surface area contributed by atoms with Crippen LogP contribution in [0.3, 0.4) is 0 Å². The molecule has 0 saturated heterocycles. The second kappa shape index (κ2) is 4.34. The number of aliphatic carboxylic acids is 1. The van der Waals surface area contributed by atoms with Crippen LogP contribution in [0.25, 0.3) is 0 Å². The standard InChI is InChI=1S/C7H9NO3/c1-3-4-6(7(10)11)8-5(2)9/h1,6H,4H2,2H3,(H,8,9)(H,10,11)/t6-/m0/s1. The molecule has 1 amide bonds. The van der Waals surface area contributed by atoms with Crippen LogP contribution in [-0.4, -0.2) is 23.0 Å². The highest BCUT2D eigenvalue weighted by Gasteiger charge is 2.15. The Bertz CT molecular complexity index is 204. The highest BCUT2D eigenvalue weighted by Crippen LogP contribution is 1.89. The van der Waals surface area contributed by atoms with Crippen LogP contribution in [-0.2, 0) is 9.59 Å². The number of hydrogen-bond acceptors (Lipinski definition) is 2. The molecule has 0 aliphatic rings. The van der Waals surface area contributed by atoms with E-state index in [1.807, 2.05) is 0 Å². The van der Waals surface area contributed by atoms with Crippen molar-refractivity contribution in [1.29, 1.82) is 0 Å². The van der Waals surface area contributed by atoms with E-state index in [0.29, 0.717) is 0 Å². The van der Waals surface area contributed by atoms with Crippen LogP contribution in [0.5, 0.6) is 0 Å². The van der Waals surface area contributed by atoms with E-state index in [1.165, 1.54) is 6.92 Å². The van der Waals surface area contributed by atoms with E-state index in [4.69, 9.17) is 11.5 Å². The van der Waals surface area contributed by atoms with Gasteiger partial charge in [-0.1, -0.05) is 0 Å². The lowest BCUT2D eigenvalue weighted by Crippen LogP contribution is -2.39. The van der Waals surface area contributed by atoms with Gasteiger partial charge < -0.3 is 10.4 Å². The van der Waals surface area contributed by atoms with Crippen molar-refractivity contribution >= 4 is 11.9 Å². The van der Waals surface area contributed by atoms with E-state index < -0.39 is 17.9 Å². The molecule has 60 valence electrons. The molecular formula is C7H9NO3. The molecule has 0 aromatic heterocycles. The van der Waals surface area contributed by atoms with Gasteiger partial charge in [0.05, 0.1) is 0 Å². The molecular weight excluding hydrogens is 146 g/mol. The molecule has 0 saturated carbocycles. The van der Waals surface area contributed by atoms with Crippen molar-refractivity contribution < 1.29 is 14.7 Å². The molecule has 0 radical (unpaired) electrons. The molecule has 0 fully saturated rings. The van der Waals surface area contributed by atoms with Crippen LogP contribution in [0.15, 0.2) is 0 Å². The summed E-state index contributed by atoms with van der Waals surface area (Å²) < 4.78 is 0. The lowest BCUT2D eigenvalue weighted by Gasteiger charge is -2.08. The number of amides is 1. The van der Waals surface area contributed by atoms with Crippen molar-refractivity contribution in [3.8, 4) is 12.3 Å². The minimum absolute atomic E-state index is 0.00884. The third kappa shape index (κ3) is 3.98. The van der Waals surface area contributed by atoms with Crippen molar-refractivity contribution in [3.05, 3.63) is 0 Å². The van der Waals surface area contributed by atoms with E-state index in [2.05, 4.69) is 11.2 Å². The number of carboxylic acids is 1. The van der Waals surface area contributed by atoms with E-state index in [0.717, 1.165) is 0 Å². The van der Waals surface area contributed by atoms with Crippen molar-refractivity contribution in [2.45, 2.75) is 19.4 Å². The van der Waals surface area contributed by atoms with Gasteiger partial charge in [0.2, 0.25) is 5.91 Å². The van der Waals surface area contributed by atoms with Gasteiger partial charge in [0, 0.05) is 13.3 Å². The first-order valence-electron chi connectivity index (χ1n) is 3.01. The van der Waals surface area contributed by atoms with Gasteiger partial charge in [0.25, 0.3) is 0 Å². The van der Waals surface area contributed by atoms with Gasteiger partial charge in [-0.25, -0.2) is 4.79 Å². The Kier molecular flexibility index (Phi) is 3.75. The Morgan fingerprint density at radius 2 is 2.27 bits per heavy atom. The van der Waals surface area contributed by atoms with E-state index in [-0.39, 0.29) is 6.42 Å². The molecule has 0 aliphatic carbocycles. The van der Waals surface area contributed by atoms with Gasteiger partial charge in [-0.05, 0) is 0 Å². The fraction of sp³-hybridized carbons (Fsp3) is 0.429. The van der Waals surface area contributed by atoms with Crippen molar-refractivity contribution in [1.82, 2.24) is 5.32 Å². The minimum atomic E-state index is -1.11. The first-order valence-corrected chi connectivity index (χ1v) is 3.01. The van der Waals surface area contributed by atoms with Crippen LogP contribution in [0.2, 0.25) is 0 Å². The lowest BCUT2D eigenvalue weighted by atomic mass is 10.2. The molecule has 4 nitrogen and oxygen atoms in total. The SMILES string of the molecule is C#CC[C@H](NC(C)=O)C(=O)O. The third-order valence-electron chi connectivity index (χ3n) is 0.998. The topological polar surface area (TPSA) is 66.4 Å². The number of carbonyl (C=O) groups is 2. The van der Waals surface area contributed by atoms with Gasteiger partial charge in [-0.15, -0.1) is 12.3 Å². The summed E-state index contributed by atoms with van der Waals surface area (Å²) in [6.45, 7) is 1.24. The van der Waals surface area contributed by atoms with Crippen molar-refractivity contribution in [2.24, 2.45) is 0 Å². The van der Waals surface area contributed by atoms with Crippen molar-refractivity contribution in [3.63, 3.8) is 0 Å². The Balaban J connectivity index is 4.02. The monoisotopic (exact) mass is 155 g/mol. The number of carboxylic acid groups (broad SMARTS) is 1. The smallest absolute Gasteiger partial charge is 0.327 e. The molecule has 0 bridgehead atoms. The normalized spacial score (nSPS) is 11.3. The second-order valence-electron chi connectivity index (χ2n) is 2.00.